The largest absolute Gasteiger partial charge is 0.383 e. The summed E-state index contributed by atoms with van der Waals surface area (Å²) in [5, 5.41) is 10.5. The first-order valence-corrected chi connectivity index (χ1v) is 6.01. The van der Waals surface area contributed by atoms with Crippen LogP contribution in [-0.4, -0.2) is 11.7 Å². The lowest BCUT2D eigenvalue weighted by atomic mass is 9.72. The molecule has 0 heterocycles. The number of benzene rings is 1. The third-order valence-corrected chi connectivity index (χ3v) is 3.61. The highest BCUT2D eigenvalue weighted by Gasteiger charge is 2.44. The van der Waals surface area contributed by atoms with Gasteiger partial charge in [0, 0.05) is 6.54 Å². The molecule has 0 aliphatic rings. The lowest BCUT2D eigenvalue weighted by Gasteiger charge is -2.40. The SMILES string of the molecule is CC(C)(C)C(O)(CN)c1c(F)ccc(Br)c1F. The predicted molar refractivity (Wildman–Crippen MR) is 66.5 cm³/mol. The van der Waals surface area contributed by atoms with Crippen molar-refractivity contribution in [2.24, 2.45) is 11.1 Å². The van der Waals surface area contributed by atoms with Gasteiger partial charge in [-0.15, -0.1) is 0 Å². The highest BCUT2D eigenvalue weighted by atomic mass is 79.9. The molecular weight excluding hydrogens is 292 g/mol. The number of aliphatic hydroxyl groups is 1. The summed E-state index contributed by atoms with van der Waals surface area (Å²) in [6.45, 7) is 4.78. The number of nitrogens with two attached hydrogens (primary N) is 1. The van der Waals surface area contributed by atoms with E-state index >= 15 is 0 Å². The van der Waals surface area contributed by atoms with Crippen LogP contribution < -0.4 is 5.73 Å². The Labute approximate surface area is 108 Å². The maximum Gasteiger partial charge on any atom is 0.146 e. The summed E-state index contributed by atoms with van der Waals surface area (Å²) in [5.74, 6) is -1.61. The molecule has 0 saturated heterocycles. The molecule has 2 nitrogen and oxygen atoms in total. The van der Waals surface area contributed by atoms with E-state index in [1.165, 1.54) is 6.07 Å². The Kier molecular flexibility index (Phi) is 3.96. The Balaban J connectivity index is 3.56. The van der Waals surface area contributed by atoms with Gasteiger partial charge in [0.1, 0.15) is 17.2 Å². The zero-order chi connectivity index (χ0) is 13.4. The van der Waals surface area contributed by atoms with Gasteiger partial charge in [-0.25, -0.2) is 8.78 Å². The second-order valence-electron chi connectivity index (χ2n) is 5.03. The van der Waals surface area contributed by atoms with Crippen molar-refractivity contribution in [2.45, 2.75) is 26.4 Å². The summed E-state index contributed by atoms with van der Waals surface area (Å²) in [6.07, 6.45) is 0. The van der Waals surface area contributed by atoms with E-state index in [1.807, 2.05) is 0 Å². The molecule has 1 atom stereocenters. The number of hydrogen-bond acceptors (Lipinski definition) is 2. The van der Waals surface area contributed by atoms with Gasteiger partial charge in [0.15, 0.2) is 0 Å². The van der Waals surface area contributed by atoms with Gasteiger partial charge in [0.2, 0.25) is 0 Å². The van der Waals surface area contributed by atoms with Gasteiger partial charge in [0.05, 0.1) is 10.0 Å². The monoisotopic (exact) mass is 307 g/mol. The molecule has 0 fully saturated rings. The van der Waals surface area contributed by atoms with Crippen LogP contribution in [0.2, 0.25) is 0 Å². The summed E-state index contributed by atoms with van der Waals surface area (Å²) in [6, 6.07) is 2.36. The molecule has 0 radical (unpaired) electrons. The summed E-state index contributed by atoms with van der Waals surface area (Å²) in [4.78, 5) is 0. The Morgan fingerprint density at radius 1 is 1.29 bits per heavy atom. The molecule has 0 aliphatic heterocycles. The van der Waals surface area contributed by atoms with Crippen LogP contribution in [0.25, 0.3) is 0 Å². The fourth-order valence-corrected chi connectivity index (χ4v) is 2.02. The third-order valence-electron chi connectivity index (χ3n) is 2.99. The molecule has 0 amide bonds. The van der Waals surface area contributed by atoms with E-state index in [1.54, 1.807) is 20.8 Å². The van der Waals surface area contributed by atoms with Crippen LogP contribution in [0, 0.1) is 17.0 Å². The lowest BCUT2D eigenvalue weighted by molar-refractivity contribution is -0.0612. The van der Waals surface area contributed by atoms with Crippen LogP contribution in [0.5, 0.6) is 0 Å². The minimum absolute atomic E-state index is 0.102. The van der Waals surface area contributed by atoms with Crippen molar-refractivity contribution < 1.29 is 13.9 Å². The fourth-order valence-electron chi connectivity index (χ4n) is 1.69. The van der Waals surface area contributed by atoms with Crippen molar-refractivity contribution in [2.75, 3.05) is 6.54 Å². The summed E-state index contributed by atoms with van der Waals surface area (Å²) >= 11 is 2.98. The van der Waals surface area contributed by atoms with E-state index in [9.17, 15) is 13.9 Å². The van der Waals surface area contributed by atoms with E-state index < -0.39 is 22.7 Å². The van der Waals surface area contributed by atoms with Crippen LogP contribution >= 0.6 is 15.9 Å². The minimum atomic E-state index is -1.76. The zero-order valence-corrected chi connectivity index (χ0v) is 11.6. The first kappa shape index (κ1) is 14.5. The maximum atomic E-state index is 14.0. The summed E-state index contributed by atoms with van der Waals surface area (Å²) < 4.78 is 27.8. The Morgan fingerprint density at radius 2 is 1.82 bits per heavy atom. The molecule has 3 N–H and O–H groups in total. The number of halogens is 3. The Morgan fingerprint density at radius 3 is 2.24 bits per heavy atom. The predicted octanol–water partition coefficient (Wildman–Crippen LogP) is 2.92. The van der Waals surface area contributed by atoms with Crippen LogP contribution in [0.4, 0.5) is 8.78 Å². The van der Waals surface area contributed by atoms with E-state index in [-0.39, 0.29) is 16.6 Å². The van der Waals surface area contributed by atoms with Gasteiger partial charge in [-0.2, -0.15) is 0 Å². The molecule has 1 aromatic carbocycles. The van der Waals surface area contributed by atoms with Crippen molar-refractivity contribution in [3.8, 4) is 0 Å². The van der Waals surface area contributed by atoms with Crippen molar-refractivity contribution in [3.63, 3.8) is 0 Å². The standard InChI is InChI=1S/C12H16BrF2NO/c1-11(2,3)12(17,6-16)9-8(14)5-4-7(13)10(9)15/h4-5,17H,6,16H2,1-3H3. The van der Waals surface area contributed by atoms with Crippen LogP contribution in [0.15, 0.2) is 16.6 Å². The van der Waals surface area contributed by atoms with Crippen molar-refractivity contribution in [3.05, 3.63) is 33.8 Å². The molecule has 0 aromatic heterocycles. The lowest BCUT2D eigenvalue weighted by Crippen LogP contribution is -2.47. The van der Waals surface area contributed by atoms with E-state index in [4.69, 9.17) is 5.73 Å². The fraction of sp³-hybridized carbons (Fsp3) is 0.500. The van der Waals surface area contributed by atoms with Crippen LogP contribution in [-0.2, 0) is 5.60 Å². The molecule has 0 aliphatic carbocycles. The molecule has 1 rings (SSSR count). The molecule has 1 unspecified atom stereocenters. The van der Waals surface area contributed by atoms with E-state index in [2.05, 4.69) is 15.9 Å². The smallest absolute Gasteiger partial charge is 0.146 e. The molecule has 0 spiro atoms. The Bertz CT molecular complexity index is 431. The maximum absolute atomic E-state index is 14.0. The quantitative estimate of drug-likeness (QED) is 0.825. The zero-order valence-electron chi connectivity index (χ0n) is 10.0. The van der Waals surface area contributed by atoms with Crippen LogP contribution in [0.3, 0.4) is 0 Å². The van der Waals surface area contributed by atoms with Gasteiger partial charge in [0.25, 0.3) is 0 Å². The second kappa shape index (κ2) is 4.63. The Hall–Kier alpha value is -0.520. The average molecular weight is 308 g/mol. The van der Waals surface area contributed by atoms with Crippen molar-refractivity contribution in [1.29, 1.82) is 0 Å². The van der Waals surface area contributed by atoms with E-state index in [0.29, 0.717) is 0 Å². The van der Waals surface area contributed by atoms with Gasteiger partial charge < -0.3 is 10.8 Å². The molecule has 17 heavy (non-hydrogen) atoms. The molecule has 5 heteroatoms. The van der Waals surface area contributed by atoms with E-state index in [0.717, 1.165) is 6.07 Å². The highest BCUT2D eigenvalue weighted by Crippen LogP contribution is 2.42. The van der Waals surface area contributed by atoms with Gasteiger partial charge in [-0.1, -0.05) is 20.8 Å². The second-order valence-corrected chi connectivity index (χ2v) is 5.89. The number of rotatable bonds is 2. The molecule has 0 saturated carbocycles. The average Bonchev–Trinajstić information content (AvgIpc) is 2.22. The topological polar surface area (TPSA) is 46.2 Å². The van der Waals surface area contributed by atoms with Gasteiger partial charge in [-0.3, -0.25) is 0 Å². The van der Waals surface area contributed by atoms with Crippen molar-refractivity contribution >= 4 is 15.9 Å². The number of hydrogen-bond donors (Lipinski definition) is 2. The minimum Gasteiger partial charge on any atom is -0.383 e. The molecule has 0 bridgehead atoms. The van der Waals surface area contributed by atoms with Gasteiger partial charge in [-0.05, 0) is 33.5 Å². The first-order valence-electron chi connectivity index (χ1n) is 5.21. The summed E-state index contributed by atoms with van der Waals surface area (Å²) in [5.41, 5.74) is 2.58. The normalized spacial score (nSPS) is 15.8. The van der Waals surface area contributed by atoms with Crippen molar-refractivity contribution in [1.82, 2.24) is 0 Å². The highest BCUT2D eigenvalue weighted by molar-refractivity contribution is 9.10. The molecule has 96 valence electrons. The molecular formula is C12H16BrF2NO. The third kappa shape index (κ3) is 2.37. The van der Waals surface area contributed by atoms with Crippen LogP contribution in [0.1, 0.15) is 26.3 Å². The summed E-state index contributed by atoms with van der Waals surface area (Å²) in [7, 11) is 0. The van der Waals surface area contributed by atoms with Gasteiger partial charge >= 0.3 is 0 Å². The first-order chi connectivity index (χ1) is 7.65. The molecule has 1 aromatic rings.